The number of hydrogen-bond donors (Lipinski definition) is 2. The molecule has 0 bridgehead atoms. The molecule has 0 aromatic rings. The number of carbonyl (C=O) groups is 1. The molecule has 1 fully saturated rings. The summed E-state index contributed by atoms with van der Waals surface area (Å²) in [7, 11) is 1.63. The minimum absolute atomic E-state index is 0.636. The molecule has 1 aliphatic rings. The molecule has 0 saturated carbocycles. The van der Waals surface area contributed by atoms with Gasteiger partial charge in [-0.2, -0.15) is 0 Å². The van der Waals surface area contributed by atoms with E-state index in [2.05, 4.69) is 5.32 Å². The maximum Gasteiger partial charge on any atom is 0.323 e. The molecular weight excluding hydrogens is 170 g/mol. The van der Waals surface area contributed by atoms with E-state index in [1.165, 1.54) is 0 Å². The van der Waals surface area contributed by atoms with Crippen molar-refractivity contribution in [1.82, 2.24) is 5.32 Å². The predicted octanol–water partition coefficient (Wildman–Crippen LogP) is 0.620. The lowest BCUT2D eigenvalue weighted by Crippen LogP contribution is -2.47. The molecule has 0 radical (unpaired) electrons. The summed E-state index contributed by atoms with van der Waals surface area (Å²) < 4.78 is 4.91. The summed E-state index contributed by atoms with van der Waals surface area (Å²) in [6.07, 6.45) is 3.16. The summed E-state index contributed by atoms with van der Waals surface area (Å²) in [5, 5.41) is 12.1. The number of carboxylic acids is 1. The Labute approximate surface area is 78.3 Å². The van der Waals surface area contributed by atoms with Crippen LogP contribution in [0.2, 0.25) is 0 Å². The molecule has 76 valence electrons. The van der Waals surface area contributed by atoms with E-state index in [1.807, 2.05) is 0 Å². The molecule has 1 rings (SSSR count). The summed E-state index contributed by atoms with van der Waals surface area (Å²) in [6.45, 7) is 1.45. The molecule has 0 aromatic heterocycles. The monoisotopic (exact) mass is 187 g/mol. The van der Waals surface area contributed by atoms with Crippen molar-refractivity contribution in [2.24, 2.45) is 0 Å². The van der Waals surface area contributed by atoms with Gasteiger partial charge in [-0.05, 0) is 32.2 Å². The predicted molar refractivity (Wildman–Crippen MR) is 48.7 cm³/mol. The highest BCUT2D eigenvalue weighted by Crippen LogP contribution is 2.24. The van der Waals surface area contributed by atoms with Crippen LogP contribution < -0.4 is 5.32 Å². The summed E-state index contributed by atoms with van der Waals surface area (Å²) in [4.78, 5) is 11.0. The van der Waals surface area contributed by atoms with Gasteiger partial charge in [-0.1, -0.05) is 0 Å². The third-order valence-electron chi connectivity index (χ3n) is 2.61. The van der Waals surface area contributed by atoms with E-state index < -0.39 is 11.5 Å². The Balaban J connectivity index is 2.43. The van der Waals surface area contributed by atoms with E-state index in [1.54, 1.807) is 7.11 Å². The highest BCUT2D eigenvalue weighted by Gasteiger charge is 2.40. The van der Waals surface area contributed by atoms with Crippen LogP contribution in [0.15, 0.2) is 0 Å². The van der Waals surface area contributed by atoms with Gasteiger partial charge in [-0.15, -0.1) is 0 Å². The summed E-state index contributed by atoms with van der Waals surface area (Å²) in [5.74, 6) is -0.721. The largest absolute Gasteiger partial charge is 0.480 e. The van der Waals surface area contributed by atoms with Crippen LogP contribution in [0.4, 0.5) is 0 Å². The highest BCUT2D eigenvalue weighted by molar-refractivity contribution is 5.79. The van der Waals surface area contributed by atoms with Crippen LogP contribution in [-0.2, 0) is 9.53 Å². The molecule has 13 heavy (non-hydrogen) atoms. The quantitative estimate of drug-likeness (QED) is 0.619. The number of hydrogen-bond acceptors (Lipinski definition) is 3. The van der Waals surface area contributed by atoms with Crippen molar-refractivity contribution in [2.45, 2.75) is 31.2 Å². The molecular formula is C9H17NO3. The van der Waals surface area contributed by atoms with Crippen molar-refractivity contribution in [3.8, 4) is 0 Å². The van der Waals surface area contributed by atoms with Gasteiger partial charge in [-0.3, -0.25) is 4.79 Å². The standard InChI is InChI=1S/C9H17NO3/c1-13-7-3-5-9(8(11)12)4-2-6-10-9/h10H,2-7H2,1H3,(H,11,12). The maximum atomic E-state index is 11.0. The minimum atomic E-state index is -0.721. The van der Waals surface area contributed by atoms with Gasteiger partial charge in [0.15, 0.2) is 0 Å². The van der Waals surface area contributed by atoms with Gasteiger partial charge in [0.2, 0.25) is 0 Å². The molecule has 1 aliphatic heterocycles. The molecule has 1 heterocycles. The summed E-state index contributed by atoms with van der Waals surface area (Å²) >= 11 is 0. The second kappa shape index (κ2) is 4.58. The van der Waals surface area contributed by atoms with Gasteiger partial charge >= 0.3 is 5.97 Å². The van der Waals surface area contributed by atoms with Crippen molar-refractivity contribution >= 4 is 5.97 Å². The highest BCUT2D eigenvalue weighted by atomic mass is 16.5. The number of ether oxygens (including phenoxy) is 1. The molecule has 4 heteroatoms. The van der Waals surface area contributed by atoms with Gasteiger partial charge < -0.3 is 15.2 Å². The Morgan fingerprint density at radius 1 is 1.69 bits per heavy atom. The lowest BCUT2D eigenvalue weighted by Gasteiger charge is -2.23. The fourth-order valence-corrected chi connectivity index (χ4v) is 1.83. The first-order valence-electron chi connectivity index (χ1n) is 4.69. The van der Waals surface area contributed by atoms with E-state index in [-0.39, 0.29) is 0 Å². The molecule has 0 spiro atoms. The Morgan fingerprint density at radius 2 is 2.46 bits per heavy atom. The van der Waals surface area contributed by atoms with Gasteiger partial charge in [0, 0.05) is 13.7 Å². The fraction of sp³-hybridized carbons (Fsp3) is 0.889. The number of methoxy groups -OCH3 is 1. The average Bonchev–Trinajstić information content (AvgIpc) is 2.55. The molecule has 2 N–H and O–H groups in total. The molecule has 0 amide bonds. The SMILES string of the molecule is COCCCC1(C(=O)O)CCCN1. The van der Waals surface area contributed by atoms with Crippen molar-refractivity contribution in [3.05, 3.63) is 0 Å². The Morgan fingerprint density at radius 3 is 2.92 bits per heavy atom. The second-order valence-corrected chi connectivity index (χ2v) is 3.51. The van der Waals surface area contributed by atoms with E-state index in [9.17, 15) is 4.79 Å². The number of rotatable bonds is 5. The van der Waals surface area contributed by atoms with Crippen molar-refractivity contribution in [3.63, 3.8) is 0 Å². The van der Waals surface area contributed by atoms with Crippen LogP contribution in [0, 0.1) is 0 Å². The molecule has 1 unspecified atom stereocenters. The first-order chi connectivity index (χ1) is 6.21. The lowest BCUT2D eigenvalue weighted by atomic mass is 9.92. The van der Waals surface area contributed by atoms with Crippen LogP contribution >= 0.6 is 0 Å². The minimum Gasteiger partial charge on any atom is -0.480 e. The number of aliphatic carboxylic acids is 1. The van der Waals surface area contributed by atoms with E-state index in [0.29, 0.717) is 13.0 Å². The van der Waals surface area contributed by atoms with Gasteiger partial charge in [-0.25, -0.2) is 0 Å². The van der Waals surface area contributed by atoms with Gasteiger partial charge in [0.05, 0.1) is 0 Å². The smallest absolute Gasteiger partial charge is 0.323 e. The van der Waals surface area contributed by atoms with Crippen molar-refractivity contribution < 1.29 is 14.6 Å². The third kappa shape index (κ3) is 2.42. The van der Waals surface area contributed by atoms with E-state index >= 15 is 0 Å². The fourth-order valence-electron chi connectivity index (χ4n) is 1.83. The van der Waals surface area contributed by atoms with Crippen LogP contribution in [0.3, 0.4) is 0 Å². The average molecular weight is 187 g/mol. The normalized spacial score (nSPS) is 27.8. The number of carboxylic acid groups (broad SMARTS) is 1. The van der Waals surface area contributed by atoms with Gasteiger partial charge in [0.1, 0.15) is 5.54 Å². The molecule has 4 nitrogen and oxygen atoms in total. The second-order valence-electron chi connectivity index (χ2n) is 3.51. The Bertz CT molecular complexity index is 176. The Kier molecular flexibility index (Phi) is 3.69. The zero-order valence-corrected chi connectivity index (χ0v) is 8.01. The topological polar surface area (TPSA) is 58.6 Å². The van der Waals surface area contributed by atoms with Crippen LogP contribution in [0.25, 0.3) is 0 Å². The van der Waals surface area contributed by atoms with E-state index in [0.717, 1.165) is 25.8 Å². The zero-order chi connectivity index (χ0) is 9.73. The summed E-state index contributed by atoms with van der Waals surface area (Å²) in [5.41, 5.74) is -0.668. The molecule has 0 aromatic carbocycles. The Hall–Kier alpha value is -0.610. The lowest BCUT2D eigenvalue weighted by molar-refractivity contribution is -0.144. The maximum absolute atomic E-state index is 11.0. The van der Waals surface area contributed by atoms with E-state index in [4.69, 9.17) is 9.84 Å². The van der Waals surface area contributed by atoms with Gasteiger partial charge in [0.25, 0.3) is 0 Å². The zero-order valence-electron chi connectivity index (χ0n) is 8.01. The first-order valence-corrected chi connectivity index (χ1v) is 4.69. The molecule has 1 saturated heterocycles. The molecule has 1 atom stereocenters. The third-order valence-corrected chi connectivity index (χ3v) is 2.61. The molecule has 0 aliphatic carbocycles. The van der Waals surface area contributed by atoms with Crippen LogP contribution in [-0.4, -0.2) is 36.9 Å². The van der Waals surface area contributed by atoms with Crippen molar-refractivity contribution in [2.75, 3.05) is 20.3 Å². The van der Waals surface area contributed by atoms with Crippen LogP contribution in [0.5, 0.6) is 0 Å². The van der Waals surface area contributed by atoms with Crippen LogP contribution in [0.1, 0.15) is 25.7 Å². The first kappa shape index (κ1) is 10.5. The van der Waals surface area contributed by atoms with Crippen molar-refractivity contribution in [1.29, 1.82) is 0 Å². The number of nitrogens with one attached hydrogen (secondary N) is 1. The summed E-state index contributed by atoms with van der Waals surface area (Å²) in [6, 6.07) is 0.